The number of carbonyl (C=O) groups excluding carboxylic acids is 2. The summed E-state index contributed by atoms with van der Waals surface area (Å²) in [7, 11) is 0. The highest BCUT2D eigenvalue weighted by Crippen LogP contribution is 2.06. The van der Waals surface area contributed by atoms with Crippen LogP contribution in [-0.4, -0.2) is 27.6 Å². The molecule has 17 heavy (non-hydrogen) atoms. The summed E-state index contributed by atoms with van der Waals surface area (Å²) in [5.41, 5.74) is 0.126. The SMILES string of the molecule is CC(C)C(=O)CC(=O)c1ccc(C(=O)O)cn1. The largest absolute Gasteiger partial charge is 0.478 e. The summed E-state index contributed by atoms with van der Waals surface area (Å²) < 4.78 is 0. The third-order valence-electron chi connectivity index (χ3n) is 2.27. The second-order valence-electron chi connectivity index (χ2n) is 3.96. The average Bonchev–Trinajstić information content (AvgIpc) is 2.28. The van der Waals surface area contributed by atoms with Crippen molar-refractivity contribution in [1.29, 1.82) is 0 Å². The van der Waals surface area contributed by atoms with Crippen molar-refractivity contribution in [2.45, 2.75) is 20.3 Å². The summed E-state index contributed by atoms with van der Waals surface area (Å²) in [4.78, 5) is 37.3. The van der Waals surface area contributed by atoms with Crippen LogP contribution in [0.15, 0.2) is 18.3 Å². The van der Waals surface area contributed by atoms with Gasteiger partial charge in [0.2, 0.25) is 0 Å². The summed E-state index contributed by atoms with van der Waals surface area (Å²) in [6.45, 7) is 3.44. The maximum atomic E-state index is 11.6. The molecule has 0 bridgehead atoms. The van der Waals surface area contributed by atoms with Crippen LogP contribution in [0.1, 0.15) is 41.1 Å². The number of rotatable bonds is 5. The third kappa shape index (κ3) is 3.48. The van der Waals surface area contributed by atoms with E-state index < -0.39 is 5.97 Å². The van der Waals surface area contributed by atoms with Crippen molar-refractivity contribution in [1.82, 2.24) is 4.98 Å². The average molecular weight is 235 g/mol. The van der Waals surface area contributed by atoms with Crippen LogP contribution >= 0.6 is 0 Å². The van der Waals surface area contributed by atoms with E-state index in [0.29, 0.717) is 0 Å². The Kier molecular flexibility index (Phi) is 4.09. The van der Waals surface area contributed by atoms with Crippen LogP contribution in [-0.2, 0) is 4.79 Å². The predicted molar refractivity (Wildman–Crippen MR) is 60.0 cm³/mol. The van der Waals surface area contributed by atoms with Gasteiger partial charge < -0.3 is 5.11 Å². The molecule has 1 aromatic rings. The summed E-state index contributed by atoms with van der Waals surface area (Å²) >= 11 is 0. The Hall–Kier alpha value is -2.04. The lowest BCUT2D eigenvalue weighted by Crippen LogP contribution is -2.14. The summed E-state index contributed by atoms with van der Waals surface area (Å²) in [6, 6.07) is 2.61. The van der Waals surface area contributed by atoms with Crippen molar-refractivity contribution in [2.75, 3.05) is 0 Å². The molecule has 1 aromatic heterocycles. The molecule has 0 saturated carbocycles. The Bertz CT molecular complexity index is 448. The quantitative estimate of drug-likeness (QED) is 0.618. The zero-order valence-electron chi connectivity index (χ0n) is 9.64. The monoisotopic (exact) mass is 235 g/mol. The number of aromatic nitrogens is 1. The minimum absolute atomic E-state index is 0.0109. The number of Topliss-reactive ketones (excluding diaryl/α,β-unsaturated/α-hetero) is 2. The number of nitrogens with zero attached hydrogens (tertiary/aromatic N) is 1. The molecule has 0 spiro atoms. The molecule has 0 saturated heterocycles. The second-order valence-corrected chi connectivity index (χ2v) is 3.96. The number of carbonyl (C=O) groups is 3. The fourth-order valence-corrected chi connectivity index (χ4v) is 1.14. The molecule has 0 radical (unpaired) electrons. The number of ketones is 2. The van der Waals surface area contributed by atoms with E-state index >= 15 is 0 Å². The normalized spacial score (nSPS) is 10.3. The lowest BCUT2D eigenvalue weighted by atomic mass is 10.0. The first-order valence-electron chi connectivity index (χ1n) is 5.17. The van der Waals surface area contributed by atoms with Crippen molar-refractivity contribution < 1.29 is 19.5 Å². The minimum Gasteiger partial charge on any atom is -0.478 e. The van der Waals surface area contributed by atoms with Crippen molar-refractivity contribution in [2.24, 2.45) is 5.92 Å². The molecule has 0 aliphatic carbocycles. The maximum Gasteiger partial charge on any atom is 0.337 e. The van der Waals surface area contributed by atoms with E-state index in [2.05, 4.69) is 4.98 Å². The van der Waals surface area contributed by atoms with Gasteiger partial charge in [-0.1, -0.05) is 13.8 Å². The van der Waals surface area contributed by atoms with Gasteiger partial charge in [0, 0.05) is 12.1 Å². The van der Waals surface area contributed by atoms with Crippen LogP contribution < -0.4 is 0 Å². The number of pyridine rings is 1. The van der Waals surface area contributed by atoms with E-state index in [1.54, 1.807) is 13.8 Å². The molecule has 1 heterocycles. The van der Waals surface area contributed by atoms with Gasteiger partial charge in [0.05, 0.1) is 12.0 Å². The van der Waals surface area contributed by atoms with Gasteiger partial charge in [-0.05, 0) is 12.1 Å². The highest BCUT2D eigenvalue weighted by atomic mass is 16.4. The standard InChI is InChI=1S/C12H13NO4/c1-7(2)10(14)5-11(15)9-4-3-8(6-13-9)12(16)17/h3-4,6-7H,5H2,1-2H3,(H,16,17). The molecule has 0 aromatic carbocycles. The van der Waals surface area contributed by atoms with Gasteiger partial charge in [0.15, 0.2) is 5.78 Å². The van der Waals surface area contributed by atoms with E-state index in [0.717, 1.165) is 6.20 Å². The Balaban J connectivity index is 2.77. The van der Waals surface area contributed by atoms with Gasteiger partial charge in [-0.25, -0.2) is 4.79 Å². The van der Waals surface area contributed by atoms with Crippen LogP contribution in [0.5, 0.6) is 0 Å². The number of hydrogen-bond acceptors (Lipinski definition) is 4. The predicted octanol–water partition coefficient (Wildman–Crippen LogP) is 1.58. The minimum atomic E-state index is -1.10. The molecule has 5 heteroatoms. The fourth-order valence-electron chi connectivity index (χ4n) is 1.14. The van der Waals surface area contributed by atoms with Gasteiger partial charge in [0.25, 0.3) is 0 Å². The summed E-state index contributed by atoms with van der Waals surface area (Å²) in [5.74, 6) is -1.84. The molecule has 0 aliphatic rings. The van der Waals surface area contributed by atoms with E-state index in [1.807, 2.05) is 0 Å². The zero-order valence-corrected chi connectivity index (χ0v) is 9.64. The molecule has 0 atom stereocenters. The van der Waals surface area contributed by atoms with Gasteiger partial charge in [-0.2, -0.15) is 0 Å². The number of carboxylic acids is 1. The van der Waals surface area contributed by atoms with Gasteiger partial charge >= 0.3 is 5.97 Å². The van der Waals surface area contributed by atoms with Crippen molar-refractivity contribution in [3.05, 3.63) is 29.6 Å². The topological polar surface area (TPSA) is 84.3 Å². The molecule has 5 nitrogen and oxygen atoms in total. The van der Waals surface area contributed by atoms with Gasteiger partial charge in [-0.3, -0.25) is 14.6 Å². The molecular weight excluding hydrogens is 222 g/mol. The van der Waals surface area contributed by atoms with Gasteiger partial charge in [-0.15, -0.1) is 0 Å². The van der Waals surface area contributed by atoms with Gasteiger partial charge in [0.1, 0.15) is 11.5 Å². The highest BCUT2D eigenvalue weighted by Gasteiger charge is 2.16. The van der Waals surface area contributed by atoms with E-state index in [1.165, 1.54) is 12.1 Å². The number of hydrogen-bond donors (Lipinski definition) is 1. The maximum absolute atomic E-state index is 11.6. The van der Waals surface area contributed by atoms with Crippen LogP contribution in [0.2, 0.25) is 0 Å². The lowest BCUT2D eigenvalue weighted by Gasteiger charge is -2.03. The van der Waals surface area contributed by atoms with E-state index in [4.69, 9.17) is 5.11 Å². The molecule has 0 aliphatic heterocycles. The zero-order chi connectivity index (χ0) is 13.0. The Morgan fingerprint density at radius 3 is 2.35 bits per heavy atom. The first-order valence-corrected chi connectivity index (χ1v) is 5.17. The molecule has 0 fully saturated rings. The molecule has 1 N–H and O–H groups in total. The fraction of sp³-hybridized carbons (Fsp3) is 0.333. The van der Waals surface area contributed by atoms with Crippen LogP contribution in [0.4, 0.5) is 0 Å². The number of carboxylic acid groups (broad SMARTS) is 1. The summed E-state index contributed by atoms with van der Waals surface area (Å²) in [5, 5.41) is 8.65. The smallest absolute Gasteiger partial charge is 0.337 e. The molecule has 0 amide bonds. The van der Waals surface area contributed by atoms with Crippen LogP contribution in [0, 0.1) is 5.92 Å². The number of aromatic carboxylic acids is 1. The molecule has 90 valence electrons. The van der Waals surface area contributed by atoms with Crippen molar-refractivity contribution in [3.8, 4) is 0 Å². The Labute approximate surface area is 98.5 Å². The van der Waals surface area contributed by atoms with E-state index in [-0.39, 0.29) is 35.2 Å². The van der Waals surface area contributed by atoms with E-state index in [9.17, 15) is 14.4 Å². The second kappa shape index (κ2) is 5.34. The van der Waals surface area contributed by atoms with Crippen LogP contribution in [0.3, 0.4) is 0 Å². The molecule has 1 rings (SSSR count). The Morgan fingerprint density at radius 1 is 1.29 bits per heavy atom. The van der Waals surface area contributed by atoms with Crippen molar-refractivity contribution >= 4 is 17.5 Å². The third-order valence-corrected chi connectivity index (χ3v) is 2.27. The first kappa shape index (κ1) is 13.0. The highest BCUT2D eigenvalue weighted by molar-refractivity contribution is 6.07. The van der Waals surface area contributed by atoms with Crippen LogP contribution in [0.25, 0.3) is 0 Å². The summed E-state index contributed by atoms with van der Waals surface area (Å²) in [6.07, 6.45) is 0.909. The molecule has 0 unspecified atom stereocenters. The molecular formula is C12H13NO4. The lowest BCUT2D eigenvalue weighted by molar-refractivity contribution is -0.121. The Morgan fingerprint density at radius 2 is 1.94 bits per heavy atom. The first-order chi connectivity index (χ1) is 7.91. The van der Waals surface area contributed by atoms with Crippen molar-refractivity contribution in [3.63, 3.8) is 0 Å².